The number of hydrogen-bond donors (Lipinski definition) is 1. The molecule has 106 valence electrons. The molecule has 0 radical (unpaired) electrons. The molecule has 1 saturated carbocycles. The van der Waals surface area contributed by atoms with Gasteiger partial charge < -0.3 is 15.2 Å². The van der Waals surface area contributed by atoms with Gasteiger partial charge in [-0.05, 0) is 25.2 Å². The van der Waals surface area contributed by atoms with E-state index in [2.05, 4.69) is 16.9 Å². The minimum absolute atomic E-state index is 0.253. The quantitative estimate of drug-likeness (QED) is 0.886. The fourth-order valence-corrected chi connectivity index (χ4v) is 2.64. The van der Waals surface area contributed by atoms with Crippen LogP contribution in [0.1, 0.15) is 44.9 Å². The van der Waals surface area contributed by atoms with Gasteiger partial charge in [-0.3, -0.25) is 0 Å². The summed E-state index contributed by atoms with van der Waals surface area (Å²) in [5.74, 6) is 2.35. The van der Waals surface area contributed by atoms with E-state index in [9.17, 15) is 0 Å². The maximum absolute atomic E-state index is 5.97. The Balaban J connectivity index is 2.01. The average Bonchev–Trinajstić information content (AvgIpc) is 2.38. The van der Waals surface area contributed by atoms with Crippen LogP contribution in [-0.4, -0.2) is 23.2 Å². The van der Waals surface area contributed by atoms with Crippen molar-refractivity contribution in [2.75, 3.05) is 12.8 Å². The third kappa shape index (κ3) is 4.06. The fraction of sp³-hybridized carbons (Fsp3) is 0.714. The van der Waals surface area contributed by atoms with Gasteiger partial charge in [-0.2, -0.15) is 4.98 Å². The highest BCUT2D eigenvalue weighted by molar-refractivity contribution is 5.32. The zero-order chi connectivity index (χ0) is 13.7. The molecule has 1 aromatic rings. The lowest BCUT2D eigenvalue weighted by molar-refractivity contribution is 0.115. The Labute approximate surface area is 114 Å². The summed E-state index contributed by atoms with van der Waals surface area (Å²) in [7, 11) is 1.61. The molecule has 0 aromatic carbocycles. The molecule has 1 heterocycles. The molecule has 2 N–H and O–H groups in total. The first-order valence-corrected chi connectivity index (χ1v) is 7.00. The molecule has 1 aliphatic rings. The molecular formula is C14H23N3O2. The van der Waals surface area contributed by atoms with Crippen molar-refractivity contribution < 1.29 is 9.47 Å². The number of nitrogen functional groups attached to an aromatic ring is 1. The monoisotopic (exact) mass is 265 g/mol. The Bertz CT molecular complexity index is 412. The maximum atomic E-state index is 5.97. The minimum Gasteiger partial charge on any atom is -0.474 e. The van der Waals surface area contributed by atoms with E-state index in [1.54, 1.807) is 13.2 Å². The molecule has 0 bridgehead atoms. The summed E-state index contributed by atoms with van der Waals surface area (Å²) < 4.78 is 11.0. The smallest absolute Gasteiger partial charge is 0.219 e. The van der Waals surface area contributed by atoms with Crippen LogP contribution in [-0.2, 0) is 11.3 Å². The number of hydrogen-bond acceptors (Lipinski definition) is 5. The number of anilines is 1. The van der Waals surface area contributed by atoms with Crippen molar-refractivity contribution in [3.63, 3.8) is 0 Å². The van der Waals surface area contributed by atoms with E-state index < -0.39 is 0 Å². The molecule has 5 heteroatoms. The first-order valence-electron chi connectivity index (χ1n) is 7.00. The summed E-state index contributed by atoms with van der Waals surface area (Å²) in [4.78, 5) is 8.44. The molecule has 5 nitrogen and oxygen atoms in total. The Morgan fingerprint density at radius 3 is 2.95 bits per heavy atom. The number of aromatic nitrogens is 2. The standard InChI is InChI=1S/C14H23N3O2/c1-3-10-5-4-6-11(7-10)19-14-8-12(15)16-13(17-14)9-18-2/h8,10-11H,3-7,9H2,1-2H3,(H2,15,16,17). The zero-order valence-corrected chi connectivity index (χ0v) is 11.8. The van der Waals surface area contributed by atoms with Crippen molar-refractivity contribution in [1.82, 2.24) is 9.97 Å². The van der Waals surface area contributed by atoms with Gasteiger partial charge >= 0.3 is 0 Å². The first-order chi connectivity index (χ1) is 9.21. The second kappa shape index (κ2) is 6.70. The van der Waals surface area contributed by atoms with Crippen molar-refractivity contribution in [1.29, 1.82) is 0 Å². The van der Waals surface area contributed by atoms with E-state index in [4.69, 9.17) is 15.2 Å². The molecule has 2 atom stereocenters. The van der Waals surface area contributed by atoms with Gasteiger partial charge in [-0.25, -0.2) is 4.98 Å². The first kappa shape index (κ1) is 14.1. The van der Waals surface area contributed by atoms with E-state index in [1.165, 1.54) is 19.3 Å². The molecule has 0 amide bonds. The number of rotatable bonds is 5. The van der Waals surface area contributed by atoms with E-state index in [0.29, 0.717) is 24.1 Å². The predicted octanol–water partition coefficient (Wildman–Crippen LogP) is 2.55. The molecule has 0 saturated heterocycles. The Morgan fingerprint density at radius 2 is 2.21 bits per heavy atom. The van der Waals surface area contributed by atoms with Crippen LogP contribution in [0.4, 0.5) is 5.82 Å². The van der Waals surface area contributed by atoms with E-state index in [-0.39, 0.29) is 6.10 Å². The van der Waals surface area contributed by atoms with Crippen molar-refractivity contribution in [3.8, 4) is 5.88 Å². The molecule has 1 fully saturated rings. The summed E-state index contributed by atoms with van der Waals surface area (Å²) in [6.45, 7) is 2.59. The largest absolute Gasteiger partial charge is 0.474 e. The Hall–Kier alpha value is -1.36. The van der Waals surface area contributed by atoms with Crippen molar-refractivity contribution in [2.24, 2.45) is 5.92 Å². The molecule has 19 heavy (non-hydrogen) atoms. The summed E-state index contributed by atoms with van der Waals surface area (Å²) in [5.41, 5.74) is 5.76. The topological polar surface area (TPSA) is 70.3 Å². The summed E-state index contributed by atoms with van der Waals surface area (Å²) in [6.07, 6.45) is 6.23. The number of ether oxygens (including phenoxy) is 2. The number of methoxy groups -OCH3 is 1. The third-order valence-corrected chi connectivity index (χ3v) is 3.64. The van der Waals surface area contributed by atoms with Gasteiger partial charge in [0.2, 0.25) is 5.88 Å². The fourth-order valence-electron chi connectivity index (χ4n) is 2.64. The van der Waals surface area contributed by atoms with E-state index >= 15 is 0 Å². The lowest BCUT2D eigenvalue weighted by Gasteiger charge is -2.28. The minimum atomic E-state index is 0.253. The number of nitrogens with two attached hydrogens (primary N) is 1. The molecule has 0 spiro atoms. The van der Waals surface area contributed by atoms with Gasteiger partial charge in [0.25, 0.3) is 0 Å². The normalized spacial score (nSPS) is 23.3. The lowest BCUT2D eigenvalue weighted by Crippen LogP contribution is -2.25. The highest BCUT2D eigenvalue weighted by Crippen LogP contribution is 2.29. The van der Waals surface area contributed by atoms with Crippen LogP contribution in [0.15, 0.2) is 6.07 Å². The van der Waals surface area contributed by atoms with Crippen molar-refractivity contribution in [2.45, 2.75) is 51.7 Å². The molecular weight excluding hydrogens is 242 g/mol. The van der Waals surface area contributed by atoms with Crippen LogP contribution in [0, 0.1) is 5.92 Å². The molecule has 0 aliphatic heterocycles. The SMILES string of the molecule is CCC1CCCC(Oc2cc(N)nc(COC)n2)C1. The zero-order valence-electron chi connectivity index (χ0n) is 11.8. The van der Waals surface area contributed by atoms with Crippen LogP contribution >= 0.6 is 0 Å². The maximum Gasteiger partial charge on any atom is 0.219 e. The van der Waals surface area contributed by atoms with Gasteiger partial charge in [0.1, 0.15) is 18.5 Å². The van der Waals surface area contributed by atoms with Gasteiger partial charge in [0.15, 0.2) is 5.82 Å². The number of nitrogens with zero attached hydrogens (tertiary/aromatic N) is 2. The van der Waals surface area contributed by atoms with Gasteiger partial charge in [-0.15, -0.1) is 0 Å². The van der Waals surface area contributed by atoms with Crippen molar-refractivity contribution >= 4 is 5.82 Å². The van der Waals surface area contributed by atoms with Crippen LogP contribution in [0.25, 0.3) is 0 Å². The Morgan fingerprint density at radius 1 is 1.37 bits per heavy atom. The highest BCUT2D eigenvalue weighted by atomic mass is 16.5. The Kier molecular flexibility index (Phi) is 4.96. The second-order valence-corrected chi connectivity index (χ2v) is 5.16. The molecule has 1 aliphatic carbocycles. The molecule has 2 rings (SSSR count). The molecule has 2 unspecified atom stereocenters. The third-order valence-electron chi connectivity index (χ3n) is 3.64. The van der Waals surface area contributed by atoms with Crippen LogP contribution in [0.2, 0.25) is 0 Å². The van der Waals surface area contributed by atoms with E-state index in [0.717, 1.165) is 18.8 Å². The van der Waals surface area contributed by atoms with Crippen LogP contribution in [0.3, 0.4) is 0 Å². The van der Waals surface area contributed by atoms with Gasteiger partial charge in [-0.1, -0.05) is 19.8 Å². The molecule has 1 aromatic heterocycles. The summed E-state index contributed by atoms with van der Waals surface area (Å²) in [6, 6.07) is 1.69. The second-order valence-electron chi connectivity index (χ2n) is 5.16. The van der Waals surface area contributed by atoms with Gasteiger partial charge in [0.05, 0.1) is 0 Å². The summed E-state index contributed by atoms with van der Waals surface area (Å²) in [5, 5.41) is 0. The average molecular weight is 265 g/mol. The lowest BCUT2D eigenvalue weighted by atomic mass is 9.85. The predicted molar refractivity (Wildman–Crippen MR) is 73.8 cm³/mol. The van der Waals surface area contributed by atoms with Crippen LogP contribution < -0.4 is 10.5 Å². The summed E-state index contributed by atoms with van der Waals surface area (Å²) >= 11 is 0. The van der Waals surface area contributed by atoms with Crippen LogP contribution in [0.5, 0.6) is 5.88 Å². The van der Waals surface area contributed by atoms with Gasteiger partial charge in [0, 0.05) is 13.2 Å². The van der Waals surface area contributed by atoms with E-state index in [1.807, 2.05) is 0 Å². The van der Waals surface area contributed by atoms with Crippen molar-refractivity contribution in [3.05, 3.63) is 11.9 Å². The highest BCUT2D eigenvalue weighted by Gasteiger charge is 2.22.